The van der Waals surface area contributed by atoms with E-state index in [0.717, 1.165) is 27.6 Å². The first kappa shape index (κ1) is 27.9. The fraction of sp³-hybridized carbons (Fsp3) is 0.222. The van der Waals surface area contributed by atoms with Crippen LogP contribution < -0.4 is 19.1 Å². The van der Waals surface area contributed by atoms with Crippen LogP contribution in [0.2, 0.25) is 0 Å². The van der Waals surface area contributed by atoms with E-state index in [9.17, 15) is 8.42 Å². The van der Waals surface area contributed by atoms with E-state index in [4.69, 9.17) is 9.47 Å². The first-order valence-electron chi connectivity index (χ1n) is 11.7. The highest BCUT2D eigenvalue weighted by Gasteiger charge is 2.32. The summed E-state index contributed by atoms with van der Waals surface area (Å²) in [5.74, 6) is 0.129. The van der Waals surface area contributed by atoms with Gasteiger partial charge >= 0.3 is 0 Å². The standard InChI is InChI=1S/C27H27BrFN3O4S2/c1-4-23(18-8-6-5-7-9-18)31-24-16-22(29)26(15-21(24)28)38(33,34)32(27-30-12-13-37-27)17-19-10-11-20(35-2)14-25(19)36-3/h5-16,23,31H,4,17H2,1-3H3. The molecule has 38 heavy (non-hydrogen) atoms. The third-order valence-electron chi connectivity index (χ3n) is 5.97. The molecule has 1 N–H and O–H groups in total. The Morgan fingerprint density at radius 3 is 2.50 bits per heavy atom. The van der Waals surface area contributed by atoms with Crippen molar-refractivity contribution in [3.63, 3.8) is 0 Å². The van der Waals surface area contributed by atoms with Crippen molar-refractivity contribution in [2.24, 2.45) is 0 Å². The number of anilines is 2. The minimum Gasteiger partial charge on any atom is -0.497 e. The smallest absolute Gasteiger partial charge is 0.269 e. The second-order valence-corrected chi connectivity index (χ2v) is 11.8. The molecule has 0 aliphatic rings. The lowest BCUT2D eigenvalue weighted by atomic mass is 10.0. The summed E-state index contributed by atoms with van der Waals surface area (Å²) in [5.41, 5.74) is 2.07. The third-order valence-corrected chi connectivity index (χ3v) is 9.29. The fourth-order valence-electron chi connectivity index (χ4n) is 3.98. The number of nitrogens with zero attached hydrogens (tertiary/aromatic N) is 2. The molecular weight excluding hydrogens is 593 g/mol. The van der Waals surface area contributed by atoms with E-state index < -0.39 is 20.7 Å². The molecular formula is C27H27BrFN3O4S2. The molecule has 0 saturated heterocycles. The molecule has 0 fully saturated rings. The van der Waals surface area contributed by atoms with Crippen molar-refractivity contribution in [1.29, 1.82) is 0 Å². The van der Waals surface area contributed by atoms with Crippen LogP contribution in [0.3, 0.4) is 0 Å². The van der Waals surface area contributed by atoms with E-state index >= 15 is 4.39 Å². The number of thiazole rings is 1. The third kappa shape index (κ3) is 5.95. The highest BCUT2D eigenvalue weighted by atomic mass is 79.9. The Kier molecular flexibility index (Phi) is 8.91. The highest BCUT2D eigenvalue weighted by molar-refractivity contribution is 9.10. The predicted octanol–water partition coefficient (Wildman–Crippen LogP) is 7.02. The number of hydrogen-bond donors (Lipinski definition) is 1. The van der Waals surface area contributed by atoms with E-state index in [1.165, 1.54) is 32.5 Å². The molecule has 0 saturated carbocycles. The summed E-state index contributed by atoms with van der Waals surface area (Å²) in [6.07, 6.45) is 2.25. The van der Waals surface area contributed by atoms with Gasteiger partial charge in [-0.15, -0.1) is 11.3 Å². The number of benzene rings is 3. The van der Waals surface area contributed by atoms with E-state index in [1.807, 2.05) is 37.3 Å². The van der Waals surface area contributed by atoms with Gasteiger partial charge in [-0.25, -0.2) is 22.1 Å². The topological polar surface area (TPSA) is 80.8 Å². The maximum absolute atomic E-state index is 15.5. The zero-order valence-electron chi connectivity index (χ0n) is 21.0. The molecule has 7 nitrogen and oxygen atoms in total. The number of halogens is 2. The molecule has 1 unspecified atom stereocenters. The Hall–Kier alpha value is -3.15. The van der Waals surface area contributed by atoms with Crippen molar-refractivity contribution in [2.75, 3.05) is 23.8 Å². The van der Waals surface area contributed by atoms with Crippen molar-refractivity contribution in [3.05, 3.63) is 93.7 Å². The van der Waals surface area contributed by atoms with Gasteiger partial charge in [-0.1, -0.05) is 37.3 Å². The van der Waals surface area contributed by atoms with E-state index in [2.05, 4.69) is 26.2 Å². The number of nitrogens with one attached hydrogen (secondary N) is 1. The first-order valence-corrected chi connectivity index (χ1v) is 14.8. The molecule has 0 aliphatic heterocycles. The molecule has 0 aliphatic carbocycles. The van der Waals surface area contributed by atoms with Gasteiger partial charge in [0, 0.05) is 27.7 Å². The lowest BCUT2D eigenvalue weighted by Crippen LogP contribution is -2.31. The maximum atomic E-state index is 15.5. The molecule has 4 aromatic rings. The summed E-state index contributed by atoms with van der Waals surface area (Å²) in [7, 11) is -1.34. The van der Waals surface area contributed by atoms with Gasteiger partial charge in [0.1, 0.15) is 22.2 Å². The van der Waals surface area contributed by atoms with Crippen molar-refractivity contribution < 1.29 is 22.3 Å². The van der Waals surface area contributed by atoms with Crippen LogP contribution in [-0.4, -0.2) is 27.6 Å². The van der Waals surface area contributed by atoms with Crippen LogP contribution in [0.4, 0.5) is 15.2 Å². The number of methoxy groups -OCH3 is 2. The molecule has 1 atom stereocenters. The normalized spacial score (nSPS) is 12.1. The molecule has 0 spiro atoms. The Bertz CT molecular complexity index is 1490. The summed E-state index contributed by atoms with van der Waals surface area (Å²) in [6.45, 7) is 1.90. The molecule has 1 aromatic heterocycles. The van der Waals surface area contributed by atoms with Gasteiger partial charge in [-0.3, -0.25) is 0 Å². The van der Waals surface area contributed by atoms with E-state index in [1.54, 1.807) is 23.6 Å². The van der Waals surface area contributed by atoms with Crippen molar-refractivity contribution in [3.8, 4) is 11.5 Å². The Labute approximate surface area is 234 Å². The first-order chi connectivity index (χ1) is 18.3. The zero-order chi connectivity index (χ0) is 27.3. The van der Waals surface area contributed by atoms with Gasteiger partial charge in [0.2, 0.25) is 0 Å². The van der Waals surface area contributed by atoms with Gasteiger partial charge < -0.3 is 14.8 Å². The van der Waals surface area contributed by atoms with E-state index in [0.29, 0.717) is 27.2 Å². The van der Waals surface area contributed by atoms with Gasteiger partial charge in [-0.05, 0) is 52.2 Å². The largest absolute Gasteiger partial charge is 0.497 e. The van der Waals surface area contributed by atoms with Crippen LogP contribution in [0.15, 0.2) is 81.6 Å². The molecule has 1 heterocycles. The molecule has 0 amide bonds. The molecule has 11 heteroatoms. The lowest BCUT2D eigenvalue weighted by molar-refractivity contribution is 0.391. The number of hydrogen-bond acceptors (Lipinski definition) is 7. The summed E-state index contributed by atoms with van der Waals surface area (Å²) in [4.78, 5) is 3.73. The van der Waals surface area contributed by atoms with Gasteiger partial charge in [-0.2, -0.15) is 0 Å². The van der Waals surface area contributed by atoms with Crippen LogP contribution in [-0.2, 0) is 16.6 Å². The van der Waals surface area contributed by atoms with Crippen molar-refractivity contribution in [2.45, 2.75) is 30.8 Å². The van der Waals surface area contributed by atoms with Crippen LogP contribution >= 0.6 is 27.3 Å². The Morgan fingerprint density at radius 2 is 1.87 bits per heavy atom. The number of sulfonamides is 1. The fourth-order valence-corrected chi connectivity index (χ4v) is 6.93. The molecule has 3 aromatic carbocycles. The Morgan fingerprint density at radius 1 is 1.11 bits per heavy atom. The number of aromatic nitrogens is 1. The summed E-state index contributed by atoms with van der Waals surface area (Å²) >= 11 is 4.59. The second-order valence-electron chi connectivity index (χ2n) is 8.28. The highest BCUT2D eigenvalue weighted by Crippen LogP contribution is 2.36. The lowest BCUT2D eigenvalue weighted by Gasteiger charge is -2.24. The Balaban J connectivity index is 1.71. The van der Waals surface area contributed by atoms with Crippen molar-refractivity contribution >= 4 is 48.1 Å². The quantitative estimate of drug-likeness (QED) is 0.194. The molecule has 200 valence electrons. The van der Waals surface area contributed by atoms with Crippen LogP contribution in [0, 0.1) is 5.82 Å². The van der Waals surface area contributed by atoms with Crippen molar-refractivity contribution in [1.82, 2.24) is 4.98 Å². The summed E-state index contributed by atoms with van der Waals surface area (Å²) < 4.78 is 55.5. The average Bonchev–Trinajstić information content (AvgIpc) is 3.46. The number of ether oxygens (including phenoxy) is 2. The molecule has 0 radical (unpaired) electrons. The van der Waals surface area contributed by atoms with Crippen LogP contribution in [0.25, 0.3) is 0 Å². The monoisotopic (exact) mass is 619 g/mol. The maximum Gasteiger partial charge on any atom is 0.269 e. The predicted molar refractivity (Wildman–Crippen MR) is 152 cm³/mol. The molecule has 0 bridgehead atoms. The zero-order valence-corrected chi connectivity index (χ0v) is 24.2. The number of rotatable bonds is 11. The van der Waals surface area contributed by atoms with Gasteiger partial charge in [0.25, 0.3) is 10.0 Å². The van der Waals surface area contributed by atoms with Crippen LogP contribution in [0.1, 0.15) is 30.5 Å². The SMILES string of the molecule is CCC(Nc1cc(F)c(S(=O)(=O)N(Cc2ccc(OC)cc2OC)c2nccs2)cc1Br)c1ccccc1. The van der Waals surface area contributed by atoms with Crippen LogP contribution in [0.5, 0.6) is 11.5 Å². The molecule has 4 rings (SSSR count). The van der Waals surface area contributed by atoms with Gasteiger partial charge in [0.05, 0.1) is 32.5 Å². The summed E-state index contributed by atoms with van der Waals surface area (Å²) in [5, 5.41) is 5.19. The summed E-state index contributed by atoms with van der Waals surface area (Å²) in [6, 6.07) is 17.3. The van der Waals surface area contributed by atoms with E-state index in [-0.39, 0.29) is 17.7 Å². The van der Waals surface area contributed by atoms with Gasteiger partial charge in [0.15, 0.2) is 5.13 Å². The second kappa shape index (κ2) is 12.1. The average molecular weight is 621 g/mol. The minimum absolute atomic E-state index is 0.0799. The minimum atomic E-state index is -4.36.